The van der Waals surface area contributed by atoms with Gasteiger partial charge in [-0.05, 0) is 38.5 Å². The van der Waals surface area contributed by atoms with E-state index in [1.165, 1.54) is 0 Å². The number of carbonyl (C=O) groups excluding carboxylic acids is 1. The van der Waals surface area contributed by atoms with Crippen LogP contribution in [0.2, 0.25) is 0 Å². The maximum absolute atomic E-state index is 11.2. The summed E-state index contributed by atoms with van der Waals surface area (Å²) in [6.07, 6.45) is -0.472. The lowest BCUT2D eigenvalue weighted by Crippen LogP contribution is -2.15. The number of amides is 1. The van der Waals surface area contributed by atoms with E-state index in [9.17, 15) is 4.79 Å². The summed E-state index contributed by atoms with van der Waals surface area (Å²) < 4.78 is 4.76. The van der Waals surface area contributed by atoms with Gasteiger partial charge < -0.3 is 4.74 Å². The molecule has 0 aliphatic heterocycles. The van der Waals surface area contributed by atoms with E-state index in [4.69, 9.17) is 10.00 Å². The van der Waals surface area contributed by atoms with Crippen molar-refractivity contribution in [2.24, 2.45) is 0 Å². The number of ether oxygens (including phenoxy) is 1. The molecule has 0 unspecified atom stereocenters. The molecule has 0 bridgehead atoms. The van der Waals surface area contributed by atoms with Gasteiger partial charge in [0.1, 0.15) is 0 Å². The van der Waals surface area contributed by atoms with Crippen LogP contribution in [0.25, 0.3) is 0 Å². The Balaban J connectivity index is 2.76. The van der Waals surface area contributed by atoms with Crippen LogP contribution >= 0.6 is 0 Å². The van der Waals surface area contributed by atoms with Crippen LogP contribution in [0.15, 0.2) is 24.3 Å². The molecule has 0 aliphatic rings. The van der Waals surface area contributed by atoms with Crippen LogP contribution < -0.4 is 5.32 Å². The van der Waals surface area contributed by atoms with Gasteiger partial charge in [-0.25, -0.2) is 4.79 Å². The fraction of sp³-hybridized carbons (Fsp3) is 0.385. The van der Waals surface area contributed by atoms with E-state index in [0.29, 0.717) is 12.3 Å². The molecule has 4 heteroatoms. The molecular weight excluding hydrogens is 216 g/mol. The van der Waals surface area contributed by atoms with E-state index < -0.39 is 11.5 Å². The fourth-order valence-electron chi connectivity index (χ4n) is 1.32. The first-order valence-electron chi connectivity index (χ1n) is 5.45. The average molecular weight is 232 g/mol. The summed E-state index contributed by atoms with van der Waals surface area (Å²) >= 11 is 0. The van der Waals surface area contributed by atoms with Crippen molar-refractivity contribution in [3.05, 3.63) is 29.8 Å². The molecule has 0 spiro atoms. The van der Waals surface area contributed by atoms with E-state index in [-0.39, 0.29) is 0 Å². The van der Waals surface area contributed by atoms with Gasteiger partial charge in [-0.1, -0.05) is 12.1 Å². The van der Waals surface area contributed by atoms with Crippen LogP contribution in [-0.2, 0) is 10.2 Å². The van der Waals surface area contributed by atoms with Crippen molar-refractivity contribution in [2.75, 3.05) is 11.9 Å². The smallest absolute Gasteiger partial charge is 0.411 e. The molecule has 90 valence electrons. The number of hydrogen-bond acceptors (Lipinski definition) is 3. The molecule has 4 nitrogen and oxygen atoms in total. The number of anilines is 1. The fourth-order valence-corrected chi connectivity index (χ4v) is 1.32. The number of nitrogens with zero attached hydrogens (tertiary/aromatic N) is 1. The summed E-state index contributed by atoms with van der Waals surface area (Å²) in [6.45, 7) is 5.78. The minimum atomic E-state index is -0.525. The molecule has 0 aromatic heterocycles. The van der Waals surface area contributed by atoms with Gasteiger partial charge in [0.05, 0.1) is 18.1 Å². The molecule has 0 fully saturated rings. The van der Waals surface area contributed by atoms with Crippen LogP contribution in [0.4, 0.5) is 10.5 Å². The highest BCUT2D eigenvalue weighted by molar-refractivity contribution is 5.84. The average Bonchev–Trinajstić information content (AvgIpc) is 2.30. The second kappa shape index (κ2) is 5.35. The third-order valence-corrected chi connectivity index (χ3v) is 2.41. The lowest BCUT2D eigenvalue weighted by Gasteiger charge is -2.16. The van der Waals surface area contributed by atoms with E-state index in [2.05, 4.69) is 11.4 Å². The molecule has 0 aliphatic carbocycles. The number of nitrogens with one attached hydrogen (secondary N) is 1. The molecule has 0 saturated heterocycles. The van der Waals surface area contributed by atoms with E-state index in [1.54, 1.807) is 19.1 Å². The van der Waals surface area contributed by atoms with Gasteiger partial charge in [-0.2, -0.15) is 5.26 Å². The Hall–Kier alpha value is -2.02. The molecule has 1 aromatic carbocycles. The molecule has 0 atom stereocenters. The normalized spacial score (nSPS) is 10.5. The van der Waals surface area contributed by atoms with E-state index in [0.717, 1.165) is 5.56 Å². The van der Waals surface area contributed by atoms with Gasteiger partial charge in [0.15, 0.2) is 0 Å². The zero-order valence-corrected chi connectivity index (χ0v) is 10.3. The lowest BCUT2D eigenvalue weighted by atomic mass is 9.86. The van der Waals surface area contributed by atoms with Gasteiger partial charge in [0, 0.05) is 5.69 Å². The summed E-state index contributed by atoms with van der Waals surface area (Å²) in [5.74, 6) is 0. The lowest BCUT2D eigenvalue weighted by molar-refractivity contribution is 0.168. The quantitative estimate of drug-likeness (QED) is 0.871. The maximum Gasteiger partial charge on any atom is 0.411 e. The predicted molar refractivity (Wildman–Crippen MR) is 65.7 cm³/mol. The van der Waals surface area contributed by atoms with Gasteiger partial charge >= 0.3 is 6.09 Å². The molecule has 0 saturated carbocycles. The van der Waals surface area contributed by atoms with Crippen molar-refractivity contribution < 1.29 is 9.53 Å². The number of benzene rings is 1. The van der Waals surface area contributed by atoms with Crippen molar-refractivity contribution in [3.63, 3.8) is 0 Å². The Morgan fingerprint density at radius 1 is 1.41 bits per heavy atom. The number of hydrogen-bond donors (Lipinski definition) is 1. The molecule has 0 heterocycles. The monoisotopic (exact) mass is 232 g/mol. The van der Waals surface area contributed by atoms with Gasteiger partial charge in [-0.15, -0.1) is 0 Å². The molecule has 1 aromatic rings. The molecular formula is C13H16N2O2. The van der Waals surface area contributed by atoms with Crippen molar-refractivity contribution in [3.8, 4) is 6.07 Å². The third-order valence-electron chi connectivity index (χ3n) is 2.41. The van der Waals surface area contributed by atoms with E-state index in [1.807, 2.05) is 26.0 Å². The standard InChI is InChI=1S/C13H16N2O2/c1-4-17-12(16)15-11-7-5-10(6-8-11)13(2,3)9-14/h5-8H,4H2,1-3H3,(H,15,16). The Morgan fingerprint density at radius 2 is 2.00 bits per heavy atom. The Morgan fingerprint density at radius 3 is 2.47 bits per heavy atom. The SMILES string of the molecule is CCOC(=O)Nc1ccc(C(C)(C)C#N)cc1. The third kappa shape index (κ3) is 3.49. The minimum Gasteiger partial charge on any atom is -0.450 e. The van der Waals surface area contributed by atoms with Crippen molar-refractivity contribution >= 4 is 11.8 Å². The van der Waals surface area contributed by atoms with Crippen molar-refractivity contribution in [1.29, 1.82) is 5.26 Å². The van der Waals surface area contributed by atoms with E-state index >= 15 is 0 Å². The van der Waals surface area contributed by atoms with Crippen molar-refractivity contribution in [2.45, 2.75) is 26.2 Å². The summed E-state index contributed by atoms with van der Waals surface area (Å²) in [5, 5.41) is 11.6. The summed E-state index contributed by atoms with van der Waals surface area (Å²) in [5.41, 5.74) is 1.04. The molecule has 17 heavy (non-hydrogen) atoms. The number of carbonyl (C=O) groups is 1. The van der Waals surface area contributed by atoms with Crippen LogP contribution in [0, 0.1) is 11.3 Å². The van der Waals surface area contributed by atoms with Crippen LogP contribution in [0.1, 0.15) is 26.3 Å². The predicted octanol–water partition coefficient (Wildman–Crippen LogP) is 3.06. The van der Waals surface area contributed by atoms with Crippen LogP contribution in [0.5, 0.6) is 0 Å². The molecule has 1 amide bonds. The highest BCUT2D eigenvalue weighted by atomic mass is 16.5. The van der Waals surface area contributed by atoms with Crippen molar-refractivity contribution in [1.82, 2.24) is 0 Å². The molecule has 0 radical (unpaired) electrons. The number of nitriles is 1. The Labute approximate surface area is 101 Å². The molecule has 1 N–H and O–H groups in total. The minimum absolute atomic E-state index is 0.339. The summed E-state index contributed by atoms with van der Waals surface area (Å²) in [4.78, 5) is 11.2. The summed E-state index contributed by atoms with van der Waals surface area (Å²) in [7, 11) is 0. The Bertz CT molecular complexity index is 430. The second-order valence-corrected chi connectivity index (χ2v) is 4.16. The van der Waals surface area contributed by atoms with Gasteiger partial charge in [0.2, 0.25) is 0 Å². The topological polar surface area (TPSA) is 62.1 Å². The Kier molecular flexibility index (Phi) is 4.11. The zero-order valence-electron chi connectivity index (χ0n) is 10.3. The van der Waals surface area contributed by atoms with Crippen LogP contribution in [0.3, 0.4) is 0 Å². The maximum atomic E-state index is 11.2. The van der Waals surface area contributed by atoms with Gasteiger partial charge in [0.25, 0.3) is 0 Å². The largest absolute Gasteiger partial charge is 0.450 e. The number of rotatable bonds is 3. The highest BCUT2D eigenvalue weighted by Gasteiger charge is 2.19. The summed E-state index contributed by atoms with van der Waals surface area (Å²) in [6, 6.07) is 9.39. The van der Waals surface area contributed by atoms with Crippen LogP contribution in [-0.4, -0.2) is 12.7 Å². The first kappa shape index (κ1) is 13.0. The highest BCUT2D eigenvalue weighted by Crippen LogP contribution is 2.23. The zero-order chi connectivity index (χ0) is 12.9. The second-order valence-electron chi connectivity index (χ2n) is 4.16. The first-order chi connectivity index (χ1) is 7.99. The molecule has 1 rings (SSSR count). The van der Waals surface area contributed by atoms with Gasteiger partial charge in [-0.3, -0.25) is 5.32 Å². The first-order valence-corrected chi connectivity index (χ1v) is 5.45.